The summed E-state index contributed by atoms with van der Waals surface area (Å²) >= 11 is 17.5. The Morgan fingerprint density at radius 1 is 1.30 bits per heavy atom. The minimum absolute atomic E-state index is 0.520. The van der Waals surface area contributed by atoms with E-state index in [0.29, 0.717) is 14.8 Å². The molecule has 1 N–H and O–H groups in total. The van der Waals surface area contributed by atoms with Crippen molar-refractivity contribution < 1.29 is 0 Å². The first-order valence-corrected chi connectivity index (χ1v) is 7.26. The molecule has 0 saturated heterocycles. The molecule has 0 atom stereocenters. The first-order valence-electron chi connectivity index (χ1n) is 6.10. The highest BCUT2D eigenvalue weighted by molar-refractivity contribution is 7.71. The number of aromatic nitrogens is 4. The fourth-order valence-electron chi connectivity index (χ4n) is 2.22. The van der Waals surface area contributed by atoms with Crippen LogP contribution >= 0.6 is 35.4 Å². The topological polar surface area (TPSA) is 38.5 Å². The standard InChI is InChI=1S/C13H12Cl2N4S/c1-18-5-3-16-12(18)2-4-19-11-7-9(15)8(14)6-10(11)17-13(19)20/h3,5-7H,2,4H2,1H3,(H,17,20). The number of nitrogens with one attached hydrogen (secondary N) is 1. The van der Waals surface area contributed by atoms with E-state index in [1.54, 1.807) is 12.3 Å². The van der Waals surface area contributed by atoms with Crippen LogP contribution in [0.3, 0.4) is 0 Å². The molecule has 0 aliphatic carbocycles. The van der Waals surface area contributed by atoms with Crippen LogP contribution in [0.5, 0.6) is 0 Å². The SMILES string of the molecule is Cn1ccnc1CCn1c(=S)[nH]c2cc(Cl)c(Cl)cc21. The zero-order chi connectivity index (χ0) is 14.3. The van der Waals surface area contributed by atoms with Gasteiger partial charge in [-0.3, -0.25) is 0 Å². The number of rotatable bonds is 3. The average molecular weight is 327 g/mol. The average Bonchev–Trinajstić information content (AvgIpc) is 2.92. The van der Waals surface area contributed by atoms with Crippen molar-refractivity contribution in [3.63, 3.8) is 0 Å². The maximum Gasteiger partial charge on any atom is 0.178 e. The number of H-pyrrole nitrogens is 1. The van der Waals surface area contributed by atoms with E-state index in [1.165, 1.54) is 0 Å². The van der Waals surface area contributed by atoms with E-state index < -0.39 is 0 Å². The lowest BCUT2D eigenvalue weighted by atomic mass is 10.3. The molecule has 0 saturated carbocycles. The van der Waals surface area contributed by atoms with E-state index in [0.717, 1.165) is 29.8 Å². The molecule has 0 aliphatic rings. The number of aryl methyl sites for hydroxylation is 3. The fraction of sp³-hybridized carbons (Fsp3) is 0.231. The Morgan fingerprint density at radius 2 is 2.05 bits per heavy atom. The fourth-order valence-corrected chi connectivity index (χ4v) is 2.84. The van der Waals surface area contributed by atoms with E-state index in [-0.39, 0.29) is 0 Å². The molecule has 20 heavy (non-hydrogen) atoms. The largest absolute Gasteiger partial charge is 0.338 e. The van der Waals surface area contributed by atoms with Crippen LogP contribution in [0.4, 0.5) is 0 Å². The Labute approximate surface area is 131 Å². The molecule has 0 aliphatic heterocycles. The van der Waals surface area contributed by atoms with Gasteiger partial charge in [-0.25, -0.2) is 4.98 Å². The van der Waals surface area contributed by atoms with Crippen LogP contribution in [0.2, 0.25) is 10.0 Å². The lowest BCUT2D eigenvalue weighted by Crippen LogP contribution is -2.05. The maximum atomic E-state index is 6.08. The highest BCUT2D eigenvalue weighted by Crippen LogP contribution is 2.27. The van der Waals surface area contributed by atoms with Gasteiger partial charge in [0, 0.05) is 32.4 Å². The highest BCUT2D eigenvalue weighted by Gasteiger charge is 2.09. The van der Waals surface area contributed by atoms with Crippen molar-refractivity contribution >= 4 is 46.5 Å². The summed E-state index contributed by atoms with van der Waals surface area (Å²) in [5, 5.41) is 1.05. The van der Waals surface area contributed by atoms with Crippen molar-refractivity contribution in [2.45, 2.75) is 13.0 Å². The summed E-state index contributed by atoms with van der Waals surface area (Å²) < 4.78 is 4.68. The van der Waals surface area contributed by atoms with Gasteiger partial charge in [0.15, 0.2) is 4.77 Å². The van der Waals surface area contributed by atoms with Crippen molar-refractivity contribution in [2.24, 2.45) is 7.05 Å². The number of benzene rings is 1. The summed E-state index contributed by atoms with van der Waals surface area (Å²) in [6.07, 6.45) is 4.52. The van der Waals surface area contributed by atoms with Crippen LogP contribution in [0, 0.1) is 4.77 Å². The normalized spacial score (nSPS) is 11.3. The molecular formula is C13H12Cl2N4S. The van der Waals surface area contributed by atoms with Gasteiger partial charge in [-0.15, -0.1) is 0 Å². The number of halogens is 2. The molecule has 2 heterocycles. The molecule has 7 heteroatoms. The summed E-state index contributed by atoms with van der Waals surface area (Å²) in [6.45, 7) is 0.738. The quantitative estimate of drug-likeness (QED) is 0.739. The first-order chi connectivity index (χ1) is 9.56. The van der Waals surface area contributed by atoms with Gasteiger partial charge < -0.3 is 14.1 Å². The second kappa shape index (κ2) is 5.24. The van der Waals surface area contributed by atoms with Gasteiger partial charge in [0.1, 0.15) is 5.82 Å². The van der Waals surface area contributed by atoms with Crippen LogP contribution in [0.15, 0.2) is 24.5 Å². The van der Waals surface area contributed by atoms with Crippen molar-refractivity contribution in [3.8, 4) is 0 Å². The van der Waals surface area contributed by atoms with Crippen LogP contribution in [-0.4, -0.2) is 19.1 Å². The van der Waals surface area contributed by atoms with Gasteiger partial charge in [0.25, 0.3) is 0 Å². The molecule has 104 valence electrons. The number of fused-ring (bicyclic) bond motifs is 1. The van der Waals surface area contributed by atoms with Gasteiger partial charge in [0.05, 0.1) is 21.1 Å². The summed E-state index contributed by atoms with van der Waals surface area (Å²) in [4.78, 5) is 7.46. The Hall–Kier alpha value is -1.30. The van der Waals surface area contributed by atoms with E-state index in [1.807, 2.05) is 28.4 Å². The molecule has 0 amide bonds. The van der Waals surface area contributed by atoms with Crippen molar-refractivity contribution in [1.82, 2.24) is 19.1 Å². The lowest BCUT2D eigenvalue weighted by molar-refractivity contribution is 0.658. The van der Waals surface area contributed by atoms with Crippen LogP contribution in [0.25, 0.3) is 11.0 Å². The van der Waals surface area contributed by atoms with Crippen LogP contribution in [0.1, 0.15) is 5.82 Å². The number of hydrogen-bond acceptors (Lipinski definition) is 2. The predicted molar refractivity (Wildman–Crippen MR) is 84.1 cm³/mol. The number of hydrogen-bond donors (Lipinski definition) is 1. The minimum atomic E-state index is 0.520. The number of imidazole rings is 2. The lowest BCUT2D eigenvalue weighted by Gasteiger charge is -2.05. The third-order valence-corrected chi connectivity index (χ3v) is 4.34. The zero-order valence-electron chi connectivity index (χ0n) is 10.7. The molecule has 3 aromatic rings. The van der Waals surface area contributed by atoms with Crippen molar-refractivity contribution in [2.75, 3.05) is 0 Å². The Balaban J connectivity index is 1.99. The molecule has 1 aromatic carbocycles. The van der Waals surface area contributed by atoms with Crippen LogP contribution in [-0.2, 0) is 20.0 Å². The second-order valence-corrected chi connectivity index (χ2v) is 5.77. The molecule has 0 bridgehead atoms. The summed E-state index contributed by atoms with van der Waals surface area (Å²) in [5.74, 6) is 1.02. The summed E-state index contributed by atoms with van der Waals surface area (Å²) in [6, 6.07) is 3.64. The molecule has 4 nitrogen and oxygen atoms in total. The molecular weight excluding hydrogens is 315 g/mol. The van der Waals surface area contributed by atoms with Gasteiger partial charge in [-0.05, 0) is 24.4 Å². The predicted octanol–water partition coefficient (Wildman–Crippen LogP) is 3.98. The molecule has 0 radical (unpaired) electrons. The molecule has 0 fully saturated rings. The van der Waals surface area contributed by atoms with Crippen molar-refractivity contribution in [3.05, 3.63) is 45.2 Å². The van der Waals surface area contributed by atoms with Crippen LogP contribution < -0.4 is 0 Å². The smallest absolute Gasteiger partial charge is 0.178 e. The molecule has 0 spiro atoms. The Morgan fingerprint density at radius 3 is 2.75 bits per heavy atom. The molecule has 3 rings (SSSR count). The Bertz CT molecular complexity index is 831. The highest BCUT2D eigenvalue weighted by atomic mass is 35.5. The third-order valence-electron chi connectivity index (χ3n) is 3.30. The van der Waals surface area contributed by atoms with Gasteiger partial charge in [-0.1, -0.05) is 23.2 Å². The van der Waals surface area contributed by atoms with E-state index in [4.69, 9.17) is 35.4 Å². The summed E-state index contributed by atoms with van der Waals surface area (Å²) in [5.41, 5.74) is 1.85. The summed E-state index contributed by atoms with van der Waals surface area (Å²) in [7, 11) is 1.98. The minimum Gasteiger partial charge on any atom is -0.338 e. The van der Waals surface area contributed by atoms with Gasteiger partial charge >= 0.3 is 0 Å². The number of aromatic amines is 1. The zero-order valence-corrected chi connectivity index (χ0v) is 13.1. The number of nitrogens with zero attached hydrogens (tertiary/aromatic N) is 3. The molecule has 0 unspecified atom stereocenters. The monoisotopic (exact) mass is 326 g/mol. The molecule has 2 aromatic heterocycles. The maximum absolute atomic E-state index is 6.08. The van der Waals surface area contributed by atoms with Crippen molar-refractivity contribution in [1.29, 1.82) is 0 Å². The first kappa shape index (κ1) is 13.7. The van der Waals surface area contributed by atoms with E-state index >= 15 is 0 Å². The van der Waals surface area contributed by atoms with E-state index in [2.05, 4.69) is 9.97 Å². The Kier molecular flexibility index (Phi) is 3.58. The van der Waals surface area contributed by atoms with Gasteiger partial charge in [0.2, 0.25) is 0 Å². The third kappa shape index (κ3) is 2.37. The van der Waals surface area contributed by atoms with Gasteiger partial charge in [-0.2, -0.15) is 0 Å². The van der Waals surface area contributed by atoms with E-state index in [9.17, 15) is 0 Å². The second-order valence-electron chi connectivity index (χ2n) is 4.57.